The summed E-state index contributed by atoms with van der Waals surface area (Å²) in [6.07, 6.45) is 2.60. The smallest absolute Gasteiger partial charge is 0.358 e. The van der Waals surface area contributed by atoms with Crippen LogP contribution in [0.15, 0.2) is 35.4 Å². The predicted molar refractivity (Wildman–Crippen MR) is 91.9 cm³/mol. The zero-order chi connectivity index (χ0) is 18.4. The van der Waals surface area contributed by atoms with Crippen LogP contribution in [-0.4, -0.2) is 41.0 Å². The summed E-state index contributed by atoms with van der Waals surface area (Å²) in [5.41, 5.74) is 0.685. The maximum atomic E-state index is 12.5. The number of nitrogens with one attached hydrogen (secondary N) is 1. The van der Waals surface area contributed by atoms with Gasteiger partial charge in [-0.15, -0.1) is 5.10 Å². The van der Waals surface area contributed by atoms with Gasteiger partial charge in [0.05, 0.1) is 11.1 Å². The Balaban J connectivity index is 1.85. The van der Waals surface area contributed by atoms with E-state index in [4.69, 9.17) is 5.11 Å². The number of carboxylic acid groups (broad SMARTS) is 1. The first kappa shape index (κ1) is 19.1. The van der Waals surface area contributed by atoms with Crippen molar-refractivity contribution in [3.8, 4) is 0 Å². The number of sulfonamides is 1. The molecule has 0 fully saturated rings. The molecule has 0 spiro atoms. The predicted octanol–water partition coefficient (Wildman–Crippen LogP) is 1.86. The van der Waals surface area contributed by atoms with Gasteiger partial charge in [-0.3, -0.25) is 4.68 Å². The molecule has 1 aromatic heterocycles. The van der Waals surface area contributed by atoms with Gasteiger partial charge in [0.1, 0.15) is 0 Å². The number of hydrogen-bond acceptors (Lipinski definition) is 5. The highest BCUT2D eigenvalue weighted by Gasteiger charge is 2.18. The van der Waals surface area contributed by atoms with E-state index in [9.17, 15) is 13.2 Å². The largest absolute Gasteiger partial charge is 0.476 e. The maximum Gasteiger partial charge on any atom is 0.358 e. The van der Waals surface area contributed by atoms with E-state index < -0.39 is 16.0 Å². The van der Waals surface area contributed by atoms with E-state index in [1.54, 1.807) is 12.1 Å². The van der Waals surface area contributed by atoms with Crippen LogP contribution in [0.2, 0.25) is 0 Å². The minimum atomic E-state index is -3.55. The summed E-state index contributed by atoms with van der Waals surface area (Å²) < 4.78 is 29.0. The highest BCUT2D eigenvalue weighted by Crippen LogP contribution is 2.23. The Bertz CT molecular complexity index is 830. The van der Waals surface area contributed by atoms with Crippen LogP contribution in [0.1, 0.15) is 48.7 Å². The second kappa shape index (κ2) is 8.21. The molecule has 0 saturated carbocycles. The molecule has 2 aromatic rings. The van der Waals surface area contributed by atoms with Crippen molar-refractivity contribution in [1.29, 1.82) is 0 Å². The summed E-state index contributed by atoms with van der Waals surface area (Å²) in [5.74, 6) is -1.01. The van der Waals surface area contributed by atoms with E-state index >= 15 is 0 Å². The molecule has 2 N–H and O–H groups in total. The molecule has 1 heterocycles. The molecule has 0 amide bonds. The summed E-state index contributed by atoms with van der Waals surface area (Å²) in [5, 5.41) is 16.0. The molecule has 0 atom stereocenters. The van der Waals surface area contributed by atoms with Crippen molar-refractivity contribution in [3.63, 3.8) is 0 Å². The number of benzene rings is 1. The lowest BCUT2D eigenvalue weighted by Crippen LogP contribution is -2.26. The fourth-order valence-electron chi connectivity index (χ4n) is 2.39. The summed E-state index contributed by atoms with van der Waals surface area (Å²) in [7, 11) is -3.55. The molecule has 0 aliphatic carbocycles. The summed E-state index contributed by atoms with van der Waals surface area (Å²) in [6, 6.07) is 6.98. The number of carbonyl (C=O) groups is 1. The minimum Gasteiger partial charge on any atom is -0.476 e. The van der Waals surface area contributed by atoms with Crippen LogP contribution in [0, 0.1) is 0 Å². The Labute approximate surface area is 146 Å². The molecule has 0 aliphatic heterocycles. The van der Waals surface area contributed by atoms with Crippen LogP contribution < -0.4 is 4.72 Å². The molecular weight excluding hydrogens is 344 g/mol. The van der Waals surface area contributed by atoms with Crippen molar-refractivity contribution < 1.29 is 18.3 Å². The van der Waals surface area contributed by atoms with Crippen LogP contribution in [0.5, 0.6) is 0 Å². The first-order valence-corrected chi connectivity index (χ1v) is 9.51. The standard InChI is InChI=1S/C16H22N4O4S/c1-12(2)13-7-3-4-8-15(13)25(23,24)17-9-5-6-10-20-11-14(16(21)22)18-19-20/h3-4,7-8,11-12,17H,5-6,9-10H2,1-2H3,(H,21,22). The monoisotopic (exact) mass is 366 g/mol. The van der Waals surface area contributed by atoms with E-state index in [2.05, 4.69) is 15.0 Å². The Kier molecular flexibility index (Phi) is 6.27. The van der Waals surface area contributed by atoms with Crippen molar-refractivity contribution >= 4 is 16.0 Å². The van der Waals surface area contributed by atoms with E-state index in [1.165, 1.54) is 10.9 Å². The van der Waals surface area contributed by atoms with Crippen molar-refractivity contribution in [2.24, 2.45) is 0 Å². The lowest BCUT2D eigenvalue weighted by molar-refractivity contribution is 0.0690. The van der Waals surface area contributed by atoms with Crippen LogP contribution in [0.4, 0.5) is 0 Å². The normalized spacial score (nSPS) is 11.8. The minimum absolute atomic E-state index is 0.106. The summed E-state index contributed by atoms with van der Waals surface area (Å²) in [6.45, 7) is 4.69. The van der Waals surface area contributed by atoms with Crippen molar-refractivity contribution in [3.05, 3.63) is 41.7 Å². The van der Waals surface area contributed by atoms with Gasteiger partial charge in [0, 0.05) is 13.1 Å². The molecule has 0 bridgehead atoms. The van der Waals surface area contributed by atoms with Crippen molar-refractivity contribution in [2.45, 2.75) is 44.0 Å². The highest BCUT2D eigenvalue weighted by atomic mass is 32.2. The first-order chi connectivity index (χ1) is 11.8. The number of aromatic carboxylic acids is 1. The third kappa shape index (κ3) is 5.10. The molecule has 0 saturated heterocycles. The Morgan fingerprint density at radius 1 is 1.28 bits per heavy atom. The lowest BCUT2D eigenvalue weighted by atomic mass is 10.0. The van der Waals surface area contributed by atoms with Crippen LogP contribution in [-0.2, 0) is 16.6 Å². The number of unbranched alkanes of at least 4 members (excludes halogenated alkanes) is 1. The number of aryl methyl sites for hydroxylation is 1. The van der Waals surface area contributed by atoms with Gasteiger partial charge in [0.15, 0.2) is 5.69 Å². The average Bonchev–Trinajstić information content (AvgIpc) is 3.03. The Morgan fingerprint density at radius 2 is 2.00 bits per heavy atom. The van der Waals surface area contributed by atoms with Gasteiger partial charge in [-0.25, -0.2) is 17.9 Å². The second-order valence-corrected chi connectivity index (χ2v) is 7.70. The molecule has 136 valence electrons. The molecule has 9 heteroatoms. The molecule has 0 radical (unpaired) electrons. The van der Waals surface area contributed by atoms with Gasteiger partial charge >= 0.3 is 5.97 Å². The maximum absolute atomic E-state index is 12.5. The van der Waals surface area contributed by atoms with Gasteiger partial charge in [-0.2, -0.15) is 0 Å². The number of carboxylic acids is 1. The summed E-state index contributed by atoms with van der Waals surface area (Å²) in [4.78, 5) is 11.0. The number of rotatable bonds is 9. The third-order valence-corrected chi connectivity index (χ3v) is 5.23. The SMILES string of the molecule is CC(C)c1ccccc1S(=O)(=O)NCCCCn1cc(C(=O)O)nn1. The van der Waals surface area contributed by atoms with Crippen LogP contribution in [0.25, 0.3) is 0 Å². The zero-order valence-corrected chi connectivity index (χ0v) is 15.0. The fourth-order valence-corrected chi connectivity index (χ4v) is 3.83. The molecule has 0 aliphatic rings. The molecular formula is C16H22N4O4S. The second-order valence-electron chi connectivity index (χ2n) is 5.97. The lowest BCUT2D eigenvalue weighted by Gasteiger charge is -2.13. The van der Waals surface area contributed by atoms with Crippen molar-refractivity contribution in [2.75, 3.05) is 6.54 Å². The van der Waals surface area contributed by atoms with Crippen LogP contribution >= 0.6 is 0 Å². The molecule has 1 aromatic carbocycles. The molecule has 0 unspecified atom stereocenters. The molecule has 8 nitrogen and oxygen atoms in total. The quantitative estimate of drug-likeness (QED) is 0.655. The van der Waals surface area contributed by atoms with E-state index in [1.807, 2.05) is 26.0 Å². The first-order valence-electron chi connectivity index (χ1n) is 8.03. The van der Waals surface area contributed by atoms with Gasteiger partial charge < -0.3 is 5.11 Å². The average molecular weight is 366 g/mol. The molecule has 2 rings (SSSR count). The third-order valence-electron chi connectivity index (χ3n) is 3.69. The van der Waals surface area contributed by atoms with Gasteiger partial charge in [-0.1, -0.05) is 37.3 Å². The number of hydrogen-bond donors (Lipinski definition) is 2. The Hall–Kier alpha value is -2.26. The van der Waals surface area contributed by atoms with E-state index in [-0.39, 0.29) is 11.6 Å². The topological polar surface area (TPSA) is 114 Å². The Morgan fingerprint density at radius 3 is 2.64 bits per heavy atom. The summed E-state index contributed by atoms with van der Waals surface area (Å²) >= 11 is 0. The van der Waals surface area contributed by atoms with E-state index in [0.29, 0.717) is 30.8 Å². The van der Waals surface area contributed by atoms with Gasteiger partial charge in [0.2, 0.25) is 10.0 Å². The van der Waals surface area contributed by atoms with Crippen LogP contribution in [0.3, 0.4) is 0 Å². The molecule has 25 heavy (non-hydrogen) atoms. The van der Waals surface area contributed by atoms with E-state index in [0.717, 1.165) is 5.56 Å². The zero-order valence-electron chi connectivity index (χ0n) is 14.2. The van der Waals surface area contributed by atoms with Gasteiger partial charge in [0.25, 0.3) is 0 Å². The van der Waals surface area contributed by atoms with Crippen molar-refractivity contribution in [1.82, 2.24) is 19.7 Å². The number of aromatic nitrogens is 3. The highest BCUT2D eigenvalue weighted by molar-refractivity contribution is 7.89. The number of nitrogens with zero attached hydrogens (tertiary/aromatic N) is 3. The van der Waals surface area contributed by atoms with Gasteiger partial charge in [-0.05, 0) is 30.4 Å². The fraction of sp³-hybridized carbons (Fsp3) is 0.438.